The maximum atomic E-state index is 13.2. The summed E-state index contributed by atoms with van der Waals surface area (Å²) in [6, 6.07) is 10.9. The first-order valence-electron chi connectivity index (χ1n) is 10.2. The van der Waals surface area contributed by atoms with Gasteiger partial charge in [-0.1, -0.05) is 12.1 Å². The Kier molecular flexibility index (Phi) is 5.26. The highest BCUT2D eigenvalue weighted by Crippen LogP contribution is 2.33. The normalized spacial score (nSPS) is 17.6. The van der Waals surface area contributed by atoms with Crippen LogP contribution in [0.1, 0.15) is 34.2 Å². The molecule has 1 N–H and O–H groups in total. The summed E-state index contributed by atoms with van der Waals surface area (Å²) < 4.78 is 25.8. The van der Waals surface area contributed by atoms with Gasteiger partial charge in [-0.3, -0.25) is 9.78 Å². The van der Waals surface area contributed by atoms with Crippen LogP contribution in [0.25, 0.3) is 21.6 Å². The van der Waals surface area contributed by atoms with Crippen molar-refractivity contribution in [3.8, 4) is 10.6 Å². The van der Waals surface area contributed by atoms with Crippen LogP contribution in [0.2, 0.25) is 0 Å². The van der Waals surface area contributed by atoms with E-state index in [1.807, 2.05) is 42.6 Å². The van der Waals surface area contributed by atoms with E-state index >= 15 is 0 Å². The van der Waals surface area contributed by atoms with Gasteiger partial charge in [-0.25, -0.2) is 18.1 Å². The Balaban J connectivity index is 1.60. The molecular weight excluding hydrogens is 446 g/mol. The van der Waals surface area contributed by atoms with Gasteiger partial charge >= 0.3 is 0 Å². The number of fused-ring (bicyclic) bond motifs is 1. The van der Waals surface area contributed by atoms with E-state index in [0.29, 0.717) is 41.0 Å². The summed E-state index contributed by atoms with van der Waals surface area (Å²) in [5.41, 5.74) is 3.08. The second-order valence-electron chi connectivity index (χ2n) is 7.82. The van der Waals surface area contributed by atoms with Crippen molar-refractivity contribution in [3.63, 3.8) is 0 Å². The molecule has 5 rings (SSSR count). The zero-order valence-corrected chi connectivity index (χ0v) is 19.0. The summed E-state index contributed by atoms with van der Waals surface area (Å²) in [5, 5.41) is 10.2. The highest BCUT2D eigenvalue weighted by molar-refractivity contribution is 7.91. The summed E-state index contributed by atoms with van der Waals surface area (Å²) >= 11 is 1.53. The van der Waals surface area contributed by atoms with E-state index in [4.69, 9.17) is 4.98 Å². The van der Waals surface area contributed by atoms with E-state index in [0.717, 1.165) is 10.6 Å². The van der Waals surface area contributed by atoms with Crippen LogP contribution in [0.4, 0.5) is 0 Å². The zero-order chi connectivity index (χ0) is 22.3. The predicted octanol–water partition coefficient (Wildman–Crippen LogP) is 3.15. The standard InChI is InChI=1S/C22H21N5O3S2/c1-14-20-17(22(28)24-12-15-5-2-3-8-23-15)11-18(19-6-4-9-31-19)25-21(20)27(26-14)16-7-10-32(29,30)13-16/h2-6,8-9,11,16H,7,10,12-13H2,1H3,(H,24,28)/t16-/m0/s1. The molecule has 0 bridgehead atoms. The molecule has 32 heavy (non-hydrogen) atoms. The second kappa shape index (κ2) is 8.10. The van der Waals surface area contributed by atoms with E-state index in [-0.39, 0.29) is 23.5 Å². The molecule has 0 radical (unpaired) electrons. The summed E-state index contributed by atoms with van der Waals surface area (Å²) in [7, 11) is -3.09. The zero-order valence-electron chi connectivity index (χ0n) is 17.4. The predicted molar refractivity (Wildman–Crippen MR) is 123 cm³/mol. The molecule has 1 atom stereocenters. The van der Waals surface area contributed by atoms with Crippen molar-refractivity contribution in [1.82, 2.24) is 25.1 Å². The van der Waals surface area contributed by atoms with Gasteiger partial charge in [0.2, 0.25) is 0 Å². The van der Waals surface area contributed by atoms with Crippen molar-refractivity contribution in [2.45, 2.75) is 25.9 Å². The Morgan fingerprint density at radius 3 is 2.84 bits per heavy atom. The number of hydrogen-bond donors (Lipinski definition) is 1. The number of carbonyl (C=O) groups is 1. The summed E-state index contributed by atoms with van der Waals surface area (Å²) in [5.74, 6) is -0.0716. The average molecular weight is 468 g/mol. The molecule has 0 aromatic carbocycles. The number of amides is 1. The van der Waals surface area contributed by atoms with E-state index in [2.05, 4.69) is 15.4 Å². The van der Waals surface area contributed by atoms with E-state index in [9.17, 15) is 13.2 Å². The first kappa shape index (κ1) is 20.8. The third-order valence-corrected chi connectivity index (χ3v) is 8.21. The van der Waals surface area contributed by atoms with Gasteiger partial charge in [0, 0.05) is 6.20 Å². The van der Waals surface area contributed by atoms with Crippen molar-refractivity contribution in [2.75, 3.05) is 11.5 Å². The molecule has 1 saturated heterocycles. The maximum absolute atomic E-state index is 13.2. The topological polar surface area (TPSA) is 107 Å². The minimum Gasteiger partial charge on any atom is -0.346 e. The minimum absolute atomic E-state index is 0.0370. The Bertz CT molecular complexity index is 1400. The molecule has 1 aliphatic heterocycles. The summed E-state index contributed by atoms with van der Waals surface area (Å²) in [6.07, 6.45) is 2.18. The molecule has 0 saturated carbocycles. The van der Waals surface area contributed by atoms with E-state index in [1.54, 1.807) is 16.9 Å². The first-order valence-corrected chi connectivity index (χ1v) is 12.9. The summed E-state index contributed by atoms with van der Waals surface area (Å²) in [6.45, 7) is 2.12. The van der Waals surface area contributed by atoms with Crippen LogP contribution in [0.5, 0.6) is 0 Å². The maximum Gasteiger partial charge on any atom is 0.252 e. The molecule has 0 spiro atoms. The number of carbonyl (C=O) groups excluding carboxylic acids is 1. The molecule has 8 nitrogen and oxygen atoms in total. The van der Waals surface area contributed by atoms with Crippen LogP contribution < -0.4 is 5.32 Å². The molecule has 1 aliphatic rings. The number of nitrogens with one attached hydrogen (secondary N) is 1. The van der Waals surface area contributed by atoms with Crippen molar-refractivity contribution in [1.29, 1.82) is 0 Å². The van der Waals surface area contributed by atoms with Gasteiger partial charge in [0.05, 0.1) is 57.0 Å². The van der Waals surface area contributed by atoms with Crippen LogP contribution in [0, 0.1) is 6.92 Å². The van der Waals surface area contributed by atoms with Gasteiger partial charge < -0.3 is 5.32 Å². The average Bonchev–Trinajstić information content (AvgIpc) is 3.51. The van der Waals surface area contributed by atoms with Crippen molar-refractivity contribution in [2.24, 2.45) is 0 Å². The van der Waals surface area contributed by atoms with Gasteiger partial charge in [0.1, 0.15) is 0 Å². The number of pyridine rings is 2. The molecule has 10 heteroatoms. The highest BCUT2D eigenvalue weighted by Gasteiger charge is 2.32. The molecule has 4 aromatic heterocycles. The van der Waals surface area contributed by atoms with E-state index in [1.165, 1.54) is 11.3 Å². The lowest BCUT2D eigenvalue weighted by Gasteiger charge is -2.12. The van der Waals surface area contributed by atoms with Crippen molar-refractivity contribution < 1.29 is 13.2 Å². The molecule has 4 aromatic rings. The van der Waals surface area contributed by atoms with Crippen molar-refractivity contribution >= 4 is 38.1 Å². The van der Waals surface area contributed by atoms with Crippen LogP contribution in [0.15, 0.2) is 48.0 Å². The van der Waals surface area contributed by atoms with Gasteiger partial charge in [-0.2, -0.15) is 5.10 Å². The number of rotatable bonds is 5. The lowest BCUT2D eigenvalue weighted by atomic mass is 10.1. The van der Waals surface area contributed by atoms with Gasteiger partial charge in [0.15, 0.2) is 15.5 Å². The SMILES string of the molecule is Cc1nn([C@H]2CCS(=O)(=O)C2)c2nc(-c3cccs3)cc(C(=O)NCc3ccccn3)c12. The van der Waals surface area contributed by atoms with Crippen LogP contribution >= 0.6 is 11.3 Å². The second-order valence-corrected chi connectivity index (χ2v) is 11.0. The fraction of sp³-hybridized carbons (Fsp3) is 0.273. The molecule has 5 heterocycles. The third-order valence-electron chi connectivity index (χ3n) is 5.57. The first-order chi connectivity index (χ1) is 15.4. The van der Waals surface area contributed by atoms with E-state index < -0.39 is 9.84 Å². The molecule has 1 amide bonds. The smallest absolute Gasteiger partial charge is 0.252 e. The Hall–Kier alpha value is -3.11. The molecule has 0 unspecified atom stereocenters. The Labute approximate surface area is 189 Å². The lowest BCUT2D eigenvalue weighted by molar-refractivity contribution is 0.0952. The van der Waals surface area contributed by atoms with Crippen LogP contribution in [-0.2, 0) is 16.4 Å². The van der Waals surface area contributed by atoms with Gasteiger partial charge in [-0.05, 0) is 43.0 Å². The minimum atomic E-state index is -3.09. The number of hydrogen-bond acceptors (Lipinski definition) is 7. The number of thiophene rings is 1. The van der Waals surface area contributed by atoms with Gasteiger partial charge in [-0.15, -0.1) is 11.3 Å². The number of sulfone groups is 1. The lowest BCUT2D eigenvalue weighted by Crippen LogP contribution is -2.24. The number of nitrogens with zero attached hydrogens (tertiary/aromatic N) is 4. The highest BCUT2D eigenvalue weighted by atomic mass is 32.2. The monoisotopic (exact) mass is 467 g/mol. The van der Waals surface area contributed by atoms with Crippen LogP contribution in [0.3, 0.4) is 0 Å². The largest absolute Gasteiger partial charge is 0.346 e. The number of aryl methyl sites for hydroxylation is 1. The summed E-state index contributed by atoms with van der Waals surface area (Å²) in [4.78, 5) is 23.2. The quantitative estimate of drug-likeness (QED) is 0.483. The molecular formula is C22H21N5O3S2. The Morgan fingerprint density at radius 2 is 2.16 bits per heavy atom. The fourth-order valence-electron chi connectivity index (χ4n) is 4.03. The third kappa shape index (κ3) is 3.91. The van der Waals surface area contributed by atoms with Crippen LogP contribution in [-0.4, -0.2) is 45.6 Å². The molecule has 0 aliphatic carbocycles. The number of aromatic nitrogens is 4. The molecule has 164 valence electrons. The van der Waals surface area contributed by atoms with Crippen molar-refractivity contribution in [3.05, 3.63) is 64.9 Å². The fourth-order valence-corrected chi connectivity index (χ4v) is 6.41. The molecule has 1 fully saturated rings. The Morgan fingerprint density at radius 1 is 1.28 bits per heavy atom. The van der Waals surface area contributed by atoms with Gasteiger partial charge in [0.25, 0.3) is 5.91 Å².